The van der Waals surface area contributed by atoms with E-state index in [9.17, 15) is 5.11 Å². The number of aliphatic hydroxyl groups excluding tert-OH is 1. The molecule has 1 aromatic carbocycles. The summed E-state index contributed by atoms with van der Waals surface area (Å²) in [5.41, 5.74) is 2.36. The van der Waals surface area contributed by atoms with Crippen LogP contribution in [0.15, 0.2) is 36.5 Å². The number of pyridine rings is 1. The smallest absolute Gasteiger partial charge is 0.0746 e. The van der Waals surface area contributed by atoms with Crippen molar-refractivity contribution >= 4 is 10.9 Å². The van der Waals surface area contributed by atoms with Gasteiger partial charge < -0.3 is 5.11 Å². The number of para-hydroxylation sites is 1. The zero-order valence-electron chi connectivity index (χ0n) is 11.8. The number of rotatable bonds is 3. The molecule has 3 rings (SSSR count). The van der Waals surface area contributed by atoms with Gasteiger partial charge in [0.15, 0.2) is 0 Å². The maximum absolute atomic E-state index is 9.62. The van der Waals surface area contributed by atoms with E-state index in [4.69, 9.17) is 0 Å². The summed E-state index contributed by atoms with van der Waals surface area (Å²) in [5.74, 6) is 0. The highest BCUT2D eigenvalue weighted by Crippen LogP contribution is 2.22. The Morgan fingerprint density at radius 2 is 2.05 bits per heavy atom. The van der Waals surface area contributed by atoms with Crippen LogP contribution in [0, 0.1) is 0 Å². The quantitative estimate of drug-likeness (QED) is 0.931. The van der Waals surface area contributed by atoms with Gasteiger partial charge in [0.2, 0.25) is 0 Å². The van der Waals surface area contributed by atoms with Crippen LogP contribution in [0.1, 0.15) is 31.2 Å². The Labute approximate surface area is 120 Å². The van der Waals surface area contributed by atoms with E-state index in [1.165, 1.54) is 30.2 Å². The number of hydrogen-bond acceptors (Lipinski definition) is 3. The molecule has 0 amide bonds. The maximum Gasteiger partial charge on any atom is 0.0746 e. The third kappa shape index (κ3) is 2.84. The largest absolute Gasteiger partial charge is 0.395 e. The van der Waals surface area contributed by atoms with Gasteiger partial charge in [-0.25, -0.2) is 0 Å². The topological polar surface area (TPSA) is 36.4 Å². The van der Waals surface area contributed by atoms with Gasteiger partial charge >= 0.3 is 0 Å². The second kappa shape index (κ2) is 6.33. The van der Waals surface area contributed by atoms with E-state index in [1.807, 2.05) is 12.3 Å². The summed E-state index contributed by atoms with van der Waals surface area (Å²) < 4.78 is 0. The Balaban J connectivity index is 1.87. The van der Waals surface area contributed by atoms with Gasteiger partial charge in [-0.1, -0.05) is 37.1 Å². The molecule has 2 aromatic rings. The lowest BCUT2D eigenvalue weighted by Crippen LogP contribution is -2.37. The molecule has 20 heavy (non-hydrogen) atoms. The number of fused-ring (bicyclic) bond motifs is 1. The molecule has 1 aliphatic heterocycles. The van der Waals surface area contributed by atoms with Crippen molar-refractivity contribution in [2.24, 2.45) is 0 Å². The molecule has 3 heteroatoms. The molecule has 3 nitrogen and oxygen atoms in total. The van der Waals surface area contributed by atoms with Crippen molar-refractivity contribution in [3.8, 4) is 0 Å². The molecule has 1 atom stereocenters. The number of hydrogen-bond donors (Lipinski definition) is 1. The molecule has 0 radical (unpaired) electrons. The molecule has 2 heterocycles. The molecule has 0 spiro atoms. The van der Waals surface area contributed by atoms with Crippen molar-refractivity contribution in [2.75, 3.05) is 13.2 Å². The molecule has 0 saturated carbocycles. The minimum atomic E-state index is 0.262. The molecule has 0 aliphatic carbocycles. The Morgan fingerprint density at radius 3 is 2.95 bits per heavy atom. The van der Waals surface area contributed by atoms with Crippen molar-refractivity contribution in [1.82, 2.24) is 9.88 Å². The van der Waals surface area contributed by atoms with E-state index in [0.29, 0.717) is 6.04 Å². The standard InChI is InChI=1S/C17H22N2O/c20-13-16-9-2-1-3-11-19(16)12-15-7-4-6-14-8-5-10-18-17(14)15/h4-8,10,16,20H,1-3,9,11-13H2. The van der Waals surface area contributed by atoms with Crippen LogP contribution in [0.4, 0.5) is 0 Å². The average molecular weight is 270 g/mol. The molecule has 1 saturated heterocycles. The fourth-order valence-electron chi connectivity index (χ4n) is 3.17. The summed E-state index contributed by atoms with van der Waals surface area (Å²) in [6.07, 6.45) is 6.71. The van der Waals surface area contributed by atoms with Gasteiger partial charge in [0.05, 0.1) is 12.1 Å². The Hall–Kier alpha value is -1.45. The molecule has 1 aromatic heterocycles. The number of likely N-dealkylation sites (tertiary alicyclic amines) is 1. The van der Waals surface area contributed by atoms with Gasteiger partial charge in [0.1, 0.15) is 0 Å². The SMILES string of the molecule is OCC1CCCCCN1Cc1cccc2cccnc12. The lowest BCUT2D eigenvalue weighted by atomic mass is 10.1. The molecule has 1 N–H and O–H groups in total. The summed E-state index contributed by atoms with van der Waals surface area (Å²) in [5, 5.41) is 10.8. The van der Waals surface area contributed by atoms with Crippen molar-refractivity contribution in [2.45, 2.75) is 38.3 Å². The van der Waals surface area contributed by atoms with Gasteiger partial charge in [-0.2, -0.15) is 0 Å². The predicted molar refractivity (Wildman–Crippen MR) is 81.5 cm³/mol. The molecular weight excluding hydrogens is 248 g/mol. The minimum absolute atomic E-state index is 0.262. The Kier molecular flexibility index (Phi) is 4.28. The van der Waals surface area contributed by atoms with E-state index < -0.39 is 0 Å². The van der Waals surface area contributed by atoms with E-state index >= 15 is 0 Å². The van der Waals surface area contributed by atoms with E-state index in [2.05, 4.69) is 34.1 Å². The van der Waals surface area contributed by atoms with E-state index in [0.717, 1.165) is 25.0 Å². The zero-order chi connectivity index (χ0) is 13.8. The molecule has 0 bridgehead atoms. The van der Waals surface area contributed by atoms with Crippen molar-refractivity contribution in [3.63, 3.8) is 0 Å². The molecule has 1 fully saturated rings. The summed E-state index contributed by atoms with van der Waals surface area (Å²) >= 11 is 0. The Morgan fingerprint density at radius 1 is 1.15 bits per heavy atom. The fraction of sp³-hybridized carbons (Fsp3) is 0.471. The van der Waals surface area contributed by atoms with Gasteiger partial charge in [-0.3, -0.25) is 9.88 Å². The van der Waals surface area contributed by atoms with Gasteiger partial charge in [0, 0.05) is 24.2 Å². The molecule has 1 aliphatic rings. The first kappa shape index (κ1) is 13.5. The highest BCUT2D eigenvalue weighted by molar-refractivity contribution is 5.81. The molecule has 1 unspecified atom stereocenters. The third-order valence-corrected chi connectivity index (χ3v) is 4.30. The summed E-state index contributed by atoms with van der Waals surface area (Å²) in [6.45, 7) is 2.23. The minimum Gasteiger partial charge on any atom is -0.395 e. The van der Waals surface area contributed by atoms with Gasteiger partial charge in [-0.15, -0.1) is 0 Å². The van der Waals surface area contributed by atoms with Crippen LogP contribution >= 0.6 is 0 Å². The van der Waals surface area contributed by atoms with Crippen LogP contribution < -0.4 is 0 Å². The average Bonchev–Trinajstić information content (AvgIpc) is 2.72. The second-order valence-electron chi connectivity index (χ2n) is 5.65. The highest BCUT2D eigenvalue weighted by Gasteiger charge is 2.20. The van der Waals surface area contributed by atoms with Crippen molar-refractivity contribution in [3.05, 3.63) is 42.1 Å². The third-order valence-electron chi connectivity index (χ3n) is 4.30. The summed E-state index contributed by atoms with van der Waals surface area (Å²) in [6, 6.07) is 10.8. The highest BCUT2D eigenvalue weighted by atomic mass is 16.3. The van der Waals surface area contributed by atoms with E-state index in [1.54, 1.807) is 0 Å². The fourth-order valence-corrected chi connectivity index (χ4v) is 3.17. The maximum atomic E-state index is 9.62. The molecular formula is C17H22N2O. The van der Waals surface area contributed by atoms with Crippen LogP contribution in [0.25, 0.3) is 10.9 Å². The summed E-state index contributed by atoms with van der Waals surface area (Å²) in [4.78, 5) is 6.96. The van der Waals surface area contributed by atoms with Crippen LogP contribution in [0.5, 0.6) is 0 Å². The van der Waals surface area contributed by atoms with Crippen LogP contribution in [-0.4, -0.2) is 34.2 Å². The van der Waals surface area contributed by atoms with Crippen LogP contribution in [0.2, 0.25) is 0 Å². The first-order valence-electron chi connectivity index (χ1n) is 7.56. The number of aliphatic hydroxyl groups is 1. The lowest BCUT2D eigenvalue weighted by molar-refractivity contribution is 0.119. The van der Waals surface area contributed by atoms with Crippen LogP contribution in [0.3, 0.4) is 0 Å². The zero-order valence-corrected chi connectivity index (χ0v) is 11.8. The first-order valence-corrected chi connectivity index (χ1v) is 7.56. The van der Waals surface area contributed by atoms with Crippen molar-refractivity contribution < 1.29 is 5.11 Å². The summed E-state index contributed by atoms with van der Waals surface area (Å²) in [7, 11) is 0. The van der Waals surface area contributed by atoms with E-state index in [-0.39, 0.29) is 6.61 Å². The molecule has 106 valence electrons. The number of aromatic nitrogens is 1. The normalized spacial score (nSPS) is 20.9. The van der Waals surface area contributed by atoms with Crippen LogP contribution in [-0.2, 0) is 6.54 Å². The van der Waals surface area contributed by atoms with Crippen molar-refractivity contribution in [1.29, 1.82) is 0 Å². The monoisotopic (exact) mass is 270 g/mol. The first-order chi connectivity index (χ1) is 9.88. The van der Waals surface area contributed by atoms with Gasteiger partial charge in [-0.05, 0) is 31.0 Å². The number of nitrogens with zero attached hydrogens (tertiary/aromatic N) is 2. The lowest BCUT2D eigenvalue weighted by Gasteiger charge is -2.28. The Bertz CT molecular complexity index is 564. The predicted octanol–water partition coefficient (Wildman–Crippen LogP) is 2.97. The second-order valence-corrected chi connectivity index (χ2v) is 5.65. The van der Waals surface area contributed by atoms with Gasteiger partial charge in [0.25, 0.3) is 0 Å². The number of benzene rings is 1.